The fraction of sp³-hybridized carbons (Fsp3) is 0.600. The maximum Gasteiger partial charge on any atom is 0.282 e. The maximum atomic E-state index is 12.7. The second-order valence-corrected chi connectivity index (χ2v) is 9.44. The Hall–Kier alpha value is -1.20. The van der Waals surface area contributed by atoms with Crippen molar-refractivity contribution in [3.8, 4) is 5.75 Å². The van der Waals surface area contributed by atoms with E-state index < -0.39 is 20.2 Å². The molecule has 2 rings (SSSR count). The highest BCUT2D eigenvalue weighted by molar-refractivity contribution is 7.89. The van der Waals surface area contributed by atoms with E-state index in [9.17, 15) is 16.8 Å². The Morgan fingerprint density at radius 2 is 1.40 bits per heavy atom. The number of nitrogens with zero attached hydrogens (tertiary/aromatic N) is 3. The standard InChI is InChI=1S/C15H25N3O5S2/c1-4-16(5-2)25(21,22)18-12-10-17(11-13-18)24(19,20)15-8-6-14(23-3)7-9-15/h6-9H,4-5,10-13H2,1-3H3. The quantitative estimate of drug-likeness (QED) is 0.679. The number of piperazine rings is 1. The molecule has 1 heterocycles. The van der Waals surface area contributed by atoms with Gasteiger partial charge in [0.2, 0.25) is 10.0 Å². The van der Waals surface area contributed by atoms with Gasteiger partial charge in [0.1, 0.15) is 5.75 Å². The molecule has 0 saturated carbocycles. The Kier molecular flexibility index (Phi) is 6.44. The van der Waals surface area contributed by atoms with Crippen LogP contribution in [0.15, 0.2) is 29.2 Å². The minimum Gasteiger partial charge on any atom is -0.497 e. The molecule has 25 heavy (non-hydrogen) atoms. The molecule has 1 aliphatic heterocycles. The van der Waals surface area contributed by atoms with Crippen molar-refractivity contribution in [3.05, 3.63) is 24.3 Å². The van der Waals surface area contributed by atoms with Crippen molar-refractivity contribution in [2.45, 2.75) is 18.7 Å². The zero-order valence-electron chi connectivity index (χ0n) is 14.8. The first-order chi connectivity index (χ1) is 11.8. The van der Waals surface area contributed by atoms with Crippen molar-refractivity contribution in [1.29, 1.82) is 0 Å². The summed E-state index contributed by atoms with van der Waals surface area (Å²) in [6, 6.07) is 6.17. The predicted molar refractivity (Wildman–Crippen MR) is 95.2 cm³/mol. The van der Waals surface area contributed by atoms with Gasteiger partial charge in [0, 0.05) is 39.3 Å². The van der Waals surface area contributed by atoms with Crippen LogP contribution in [-0.4, -0.2) is 76.1 Å². The lowest BCUT2D eigenvalue weighted by molar-refractivity contribution is 0.256. The summed E-state index contributed by atoms with van der Waals surface area (Å²) in [5, 5.41) is 0. The molecule has 0 bridgehead atoms. The zero-order valence-corrected chi connectivity index (χ0v) is 16.4. The first-order valence-corrected chi connectivity index (χ1v) is 11.0. The Balaban J connectivity index is 2.10. The highest BCUT2D eigenvalue weighted by Gasteiger charge is 2.35. The molecular formula is C15H25N3O5S2. The van der Waals surface area contributed by atoms with E-state index in [1.807, 2.05) is 0 Å². The van der Waals surface area contributed by atoms with Crippen molar-refractivity contribution in [2.75, 3.05) is 46.4 Å². The molecule has 0 radical (unpaired) electrons. The summed E-state index contributed by atoms with van der Waals surface area (Å²) in [6.07, 6.45) is 0. The smallest absolute Gasteiger partial charge is 0.282 e. The van der Waals surface area contributed by atoms with E-state index in [-0.39, 0.29) is 31.1 Å². The highest BCUT2D eigenvalue weighted by atomic mass is 32.2. The van der Waals surface area contributed by atoms with Gasteiger partial charge < -0.3 is 4.74 Å². The third-order valence-corrected chi connectivity index (χ3v) is 8.35. The van der Waals surface area contributed by atoms with E-state index in [4.69, 9.17) is 4.74 Å². The van der Waals surface area contributed by atoms with Crippen LogP contribution in [0.2, 0.25) is 0 Å². The fourth-order valence-corrected chi connectivity index (χ4v) is 5.78. The number of rotatable bonds is 7. The van der Waals surface area contributed by atoms with E-state index >= 15 is 0 Å². The lowest BCUT2D eigenvalue weighted by atomic mass is 10.3. The van der Waals surface area contributed by atoms with E-state index in [1.54, 1.807) is 26.0 Å². The summed E-state index contributed by atoms with van der Waals surface area (Å²) in [6.45, 7) is 4.91. The van der Waals surface area contributed by atoms with E-state index in [0.29, 0.717) is 18.8 Å². The third-order valence-electron chi connectivity index (χ3n) is 4.25. The number of sulfonamides is 1. The molecular weight excluding hydrogens is 366 g/mol. The topological polar surface area (TPSA) is 87.2 Å². The molecule has 0 atom stereocenters. The molecule has 1 saturated heterocycles. The van der Waals surface area contributed by atoms with Crippen LogP contribution in [-0.2, 0) is 20.2 Å². The summed E-state index contributed by atoms with van der Waals surface area (Å²) in [4.78, 5) is 0.174. The lowest BCUT2D eigenvalue weighted by Crippen LogP contribution is -2.54. The number of methoxy groups -OCH3 is 1. The largest absolute Gasteiger partial charge is 0.497 e. The van der Waals surface area contributed by atoms with Gasteiger partial charge in [-0.2, -0.15) is 21.3 Å². The summed E-state index contributed by atoms with van der Waals surface area (Å²) in [7, 11) is -5.67. The molecule has 1 aromatic rings. The summed E-state index contributed by atoms with van der Waals surface area (Å²) in [5.41, 5.74) is 0. The number of hydrogen-bond donors (Lipinski definition) is 0. The van der Waals surface area contributed by atoms with E-state index in [0.717, 1.165) is 0 Å². The first kappa shape index (κ1) is 20.1. The lowest BCUT2D eigenvalue weighted by Gasteiger charge is -2.35. The molecule has 1 fully saturated rings. The van der Waals surface area contributed by atoms with Gasteiger partial charge in [-0.25, -0.2) is 8.42 Å². The van der Waals surface area contributed by atoms with Crippen LogP contribution in [0.3, 0.4) is 0 Å². The molecule has 1 aromatic carbocycles. The van der Waals surface area contributed by atoms with Crippen LogP contribution in [0.4, 0.5) is 0 Å². The average molecular weight is 392 g/mol. The number of hydrogen-bond acceptors (Lipinski definition) is 5. The van der Waals surface area contributed by atoms with Crippen molar-refractivity contribution in [2.24, 2.45) is 0 Å². The maximum absolute atomic E-state index is 12.7. The molecule has 1 aliphatic rings. The molecule has 8 nitrogen and oxygen atoms in total. The molecule has 142 valence electrons. The average Bonchev–Trinajstić information content (AvgIpc) is 2.62. The van der Waals surface area contributed by atoms with Crippen LogP contribution in [0.1, 0.15) is 13.8 Å². The second kappa shape index (κ2) is 8.00. The third kappa shape index (κ3) is 4.14. The van der Waals surface area contributed by atoms with Gasteiger partial charge in [-0.05, 0) is 24.3 Å². The van der Waals surface area contributed by atoms with Crippen LogP contribution < -0.4 is 4.74 Å². The Labute approximate surface area is 150 Å². The van der Waals surface area contributed by atoms with Crippen molar-refractivity contribution >= 4 is 20.2 Å². The van der Waals surface area contributed by atoms with Crippen molar-refractivity contribution in [3.63, 3.8) is 0 Å². The van der Waals surface area contributed by atoms with Gasteiger partial charge in [0.05, 0.1) is 12.0 Å². The van der Waals surface area contributed by atoms with Crippen LogP contribution in [0.5, 0.6) is 5.75 Å². The van der Waals surface area contributed by atoms with Gasteiger partial charge in [0.25, 0.3) is 10.2 Å². The monoisotopic (exact) mass is 391 g/mol. The summed E-state index contributed by atoms with van der Waals surface area (Å²) in [5.74, 6) is 0.578. The Morgan fingerprint density at radius 3 is 1.84 bits per heavy atom. The van der Waals surface area contributed by atoms with Crippen LogP contribution >= 0.6 is 0 Å². The van der Waals surface area contributed by atoms with Crippen molar-refractivity contribution in [1.82, 2.24) is 12.9 Å². The predicted octanol–water partition coefficient (Wildman–Crippen LogP) is 0.588. The van der Waals surface area contributed by atoms with Crippen LogP contribution in [0.25, 0.3) is 0 Å². The molecule has 0 aromatic heterocycles. The molecule has 0 N–H and O–H groups in total. The number of benzene rings is 1. The summed E-state index contributed by atoms with van der Waals surface area (Å²) >= 11 is 0. The molecule has 0 amide bonds. The van der Waals surface area contributed by atoms with Crippen LogP contribution in [0, 0.1) is 0 Å². The molecule has 0 aliphatic carbocycles. The zero-order chi connectivity index (χ0) is 18.7. The molecule has 10 heteroatoms. The number of ether oxygens (including phenoxy) is 1. The normalized spacial score (nSPS) is 17.8. The molecule has 0 unspecified atom stereocenters. The van der Waals surface area contributed by atoms with Gasteiger partial charge >= 0.3 is 0 Å². The van der Waals surface area contributed by atoms with Gasteiger partial charge in [-0.1, -0.05) is 13.8 Å². The Bertz CT molecular complexity index is 766. The SMILES string of the molecule is CCN(CC)S(=O)(=O)N1CCN(S(=O)(=O)c2ccc(OC)cc2)CC1. The second-order valence-electron chi connectivity index (χ2n) is 5.57. The Morgan fingerprint density at radius 1 is 0.920 bits per heavy atom. The van der Waals surface area contributed by atoms with Gasteiger partial charge in [-0.15, -0.1) is 0 Å². The van der Waals surface area contributed by atoms with Gasteiger partial charge in [0.15, 0.2) is 0 Å². The van der Waals surface area contributed by atoms with E-state index in [2.05, 4.69) is 0 Å². The van der Waals surface area contributed by atoms with Gasteiger partial charge in [-0.3, -0.25) is 0 Å². The fourth-order valence-electron chi connectivity index (χ4n) is 2.75. The van der Waals surface area contributed by atoms with Crippen molar-refractivity contribution < 1.29 is 21.6 Å². The summed E-state index contributed by atoms with van der Waals surface area (Å²) < 4.78 is 59.5. The first-order valence-electron chi connectivity index (χ1n) is 8.16. The minimum absolute atomic E-state index is 0.134. The highest BCUT2D eigenvalue weighted by Crippen LogP contribution is 2.21. The van der Waals surface area contributed by atoms with E-state index in [1.165, 1.54) is 32.2 Å². The minimum atomic E-state index is -3.64. The molecule has 0 spiro atoms.